The van der Waals surface area contributed by atoms with Crippen molar-refractivity contribution in [2.75, 3.05) is 13.2 Å². The number of benzene rings is 1. The molecule has 1 aliphatic carbocycles. The van der Waals surface area contributed by atoms with E-state index in [2.05, 4.69) is 41.2 Å². The monoisotopic (exact) mass is 355 g/mol. The molecular weight excluding hydrogens is 330 g/mol. The van der Waals surface area contributed by atoms with E-state index < -0.39 is 5.60 Å². The maximum Gasteiger partial charge on any atom is 0.125 e. The summed E-state index contributed by atoms with van der Waals surface area (Å²) in [5, 5.41) is 14.0. The summed E-state index contributed by atoms with van der Waals surface area (Å²) in [6, 6.07) is 6.34. The first-order valence-corrected chi connectivity index (χ1v) is 8.71. The summed E-state index contributed by atoms with van der Waals surface area (Å²) in [4.78, 5) is 0. The van der Waals surface area contributed by atoms with Gasteiger partial charge in [-0.2, -0.15) is 0 Å². The number of halogens is 1. The van der Waals surface area contributed by atoms with Gasteiger partial charge in [0.25, 0.3) is 0 Å². The maximum atomic E-state index is 10.6. The molecule has 4 heteroatoms. The van der Waals surface area contributed by atoms with Crippen LogP contribution in [-0.4, -0.2) is 23.9 Å². The average Bonchev–Trinajstić information content (AvgIpc) is 2.46. The lowest BCUT2D eigenvalue weighted by atomic mass is 9.85. The van der Waals surface area contributed by atoms with Gasteiger partial charge in [0.05, 0.1) is 5.60 Å². The number of hydrogen-bond acceptors (Lipinski definition) is 3. The minimum absolute atomic E-state index is 0.235. The van der Waals surface area contributed by atoms with Gasteiger partial charge in [0, 0.05) is 16.1 Å². The minimum Gasteiger partial charge on any atom is -0.490 e. The summed E-state index contributed by atoms with van der Waals surface area (Å²) < 4.78 is 7.01. The molecule has 0 amide bonds. The first-order valence-electron chi connectivity index (χ1n) is 7.92. The smallest absolute Gasteiger partial charge is 0.125 e. The first kappa shape index (κ1) is 16.8. The molecule has 2 rings (SSSR count). The van der Waals surface area contributed by atoms with Gasteiger partial charge in [0.15, 0.2) is 0 Å². The van der Waals surface area contributed by atoms with Gasteiger partial charge in [-0.3, -0.25) is 0 Å². The Kier molecular flexibility index (Phi) is 6.08. The fourth-order valence-corrected chi connectivity index (χ4v) is 3.31. The molecule has 0 heterocycles. The van der Waals surface area contributed by atoms with Crippen molar-refractivity contribution in [3.63, 3.8) is 0 Å². The second kappa shape index (κ2) is 7.61. The van der Waals surface area contributed by atoms with E-state index in [0.29, 0.717) is 6.61 Å². The average molecular weight is 356 g/mol. The lowest BCUT2D eigenvalue weighted by Gasteiger charge is -2.32. The Morgan fingerprint density at radius 1 is 1.33 bits per heavy atom. The van der Waals surface area contributed by atoms with Crippen LogP contribution in [0.4, 0.5) is 0 Å². The van der Waals surface area contributed by atoms with Gasteiger partial charge in [0.1, 0.15) is 12.4 Å². The van der Waals surface area contributed by atoms with Crippen LogP contribution in [0.25, 0.3) is 0 Å². The molecular formula is C17H26BrNO2. The normalized spacial score (nSPS) is 19.2. The van der Waals surface area contributed by atoms with Gasteiger partial charge >= 0.3 is 0 Å². The van der Waals surface area contributed by atoms with Crippen LogP contribution < -0.4 is 10.1 Å². The van der Waals surface area contributed by atoms with Crippen LogP contribution in [0.1, 0.15) is 57.6 Å². The van der Waals surface area contributed by atoms with E-state index in [1.807, 2.05) is 12.1 Å². The van der Waals surface area contributed by atoms with Crippen LogP contribution in [0.15, 0.2) is 22.7 Å². The van der Waals surface area contributed by atoms with Crippen molar-refractivity contribution in [2.24, 2.45) is 0 Å². The van der Waals surface area contributed by atoms with Crippen LogP contribution in [0.2, 0.25) is 0 Å². The third-order valence-electron chi connectivity index (χ3n) is 4.23. The summed E-state index contributed by atoms with van der Waals surface area (Å²) >= 11 is 3.50. The predicted molar refractivity (Wildman–Crippen MR) is 89.8 cm³/mol. The van der Waals surface area contributed by atoms with Crippen LogP contribution in [0.5, 0.6) is 5.75 Å². The van der Waals surface area contributed by atoms with E-state index in [1.54, 1.807) is 0 Å². The van der Waals surface area contributed by atoms with Crippen molar-refractivity contribution in [1.29, 1.82) is 0 Å². The minimum atomic E-state index is -0.654. The number of nitrogens with one attached hydrogen (secondary N) is 1. The molecule has 0 aromatic heterocycles. The molecule has 1 aromatic carbocycles. The molecule has 1 aliphatic rings. The Bertz CT molecular complexity index is 458. The molecule has 0 radical (unpaired) electrons. The van der Waals surface area contributed by atoms with Crippen molar-refractivity contribution in [3.05, 3.63) is 28.2 Å². The summed E-state index contributed by atoms with van der Waals surface area (Å²) in [6.45, 7) is 5.53. The van der Waals surface area contributed by atoms with Gasteiger partial charge in [-0.15, -0.1) is 0 Å². The van der Waals surface area contributed by atoms with E-state index in [1.165, 1.54) is 6.42 Å². The Morgan fingerprint density at radius 2 is 2.05 bits per heavy atom. The molecule has 1 fully saturated rings. The molecule has 1 unspecified atom stereocenters. The van der Waals surface area contributed by atoms with Crippen LogP contribution in [0.3, 0.4) is 0 Å². The molecule has 0 aliphatic heterocycles. The zero-order chi connectivity index (χ0) is 15.3. The Morgan fingerprint density at radius 3 is 2.71 bits per heavy atom. The molecule has 0 spiro atoms. The molecule has 3 nitrogen and oxygen atoms in total. The highest BCUT2D eigenvalue weighted by molar-refractivity contribution is 9.10. The van der Waals surface area contributed by atoms with E-state index >= 15 is 0 Å². The highest BCUT2D eigenvalue weighted by atomic mass is 79.9. The quantitative estimate of drug-likeness (QED) is 0.803. The van der Waals surface area contributed by atoms with Crippen LogP contribution >= 0.6 is 15.9 Å². The lowest BCUT2D eigenvalue weighted by molar-refractivity contribution is -0.0342. The van der Waals surface area contributed by atoms with Crippen LogP contribution in [0, 0.1) is 0 Å². The van der Waals surface area contributed by atoms with Gasteiger partial charge in [0.2, 0.25) is 0 Å². The van der Waals surface area contributed by atoms with Crippen molar-refractivity contribution in [1.82, 2.24) is 5.32 Å². The molecule has 0 bridgehead atoms. The van der Waals surface area contributed by atoms with E-state index in [0.717, 1.165) is 48.0 Å². The Hall–Kier alpha value is -0.580. The molecule has 2 N–H and O–H groups in total. The van der Waals surface area contributed by atoms with E-state index in [4.69, 9.17) is 4.74 Å². The zero-order valence-electron chi connectivity index (χ0n) is 13.0. The van der Waals surface area contributed by atoms with E-state index in [-0.39, 0.29) is 6.04 Å². The maximum absolute atomic E-state index is 10.6. The topological polar surface area (TPSA) is 41.5 Å². The standard InChI is InChI=1S/C17H26BrNO2/c1-3-19-13(2)15-8-7-14(18)11-16(15)21-12-17(20)9-5-4-6-10-17/h7-8,11,13,19-20H,3-6,9-10,12H2,1-2H3. The Labute approximate surface area is 136 Å². The number of ether oxygens (including phenoxy) is 1. The molecule has 0 saturated heterocycles. The highest BCUT2D eigenvalue weighted by Crippen LogP contribution is 2.32. The molecule has 118 valence electrons. The van der Waals surface area contributed by atoms with Gasteiger partial charge in [-0.1, -0.05) is 48.2 Å². The summed E-state index contributed by atoms with van der Waals surface area (Å²) in [5.41, 5.74) is 0.485. The second-order valence-electron chi connectivity index (χ2n) is 6.04. The lowest BCUT2D eigenvalue weighted by Crippen LogP contribution is -2.38. The summed E-state index contributed by atoms with van der Waals surface area (Å²) in [5.74, 6) is 0.858. The predicted octanol–water partition coefficient (Wildman–Crippen LogP) is 4.19. The molecule has 1 saturated carbocycles. The number of hydrogen-bond donors (Lipinski definition) is 2. The van der Waals surface area contributed by atoms with Crippen molar-refractivity contribution < 1.29 is 9.84 Å². The van der Waals surface area contributed by atoms with Gasteiger partial charge in [-0.05, 0) is 38.4 Å². The zero-order valence-corrected chi connectivity index (χ0v) is 14.6. The Balaban J connectivity index is 2.08. The van der Waals surface area contributed by atoms with Crippen molar-refractivity contribution >= 4 is 15.9 Å². The number of rotatable bonds is 6. The summed E-state index contributed by atoms with van der Waals surface area (Å²) in [6.07, 6.45) is 5.11. The SMILES string of the molecule is CCNC(C)c1ccc(Br)cc1OCC1(O)CCCCC1. The van der Waals surface area contributed by atoms with Crippen molar-refractivity contribution in [2.45, 2.75) is 57.6 Å². The number of aliphatic hydroxyl groups is 1. The van der Waals surface area contributed by atoms with E-state index in [9.17, 15) is 5.11 Å². The molecule has 1 aromatic rings. The van der Waals surface area contributed by atoms with Crippen molar-refractivity contribution in [3.8, 4) is 5.75 Å². The largest absolute Gasteiger partial charge is 0.490 e. The fraction of sp³-hybridized carbons (Fsp3) is 0.647. The first-order chi connectivity index (χ1) is 10.0. The third kappa shape index (κ3) is 4.70. The molecule has 1 atom stereocenters. The second-order valence-corrected chi connectivity index (χ2v) is 6.95. The molecule has 21 heavy (non-hydrogen) atoms. The summed E-state index contributed by atoms with van der Waals surface area (Å²) in [7, 11) is 0. The van der Waals surface area contributed by atoms with Gasteiger partial charge in [-0.25, -0.2) is 0 Å². The van der Waals surface area contributed by atoms with Gasteiger partial charge < -0.3 is 15.2 Å². The highest BCUT2D eigenvalue weighted by Gasteiger charge is 2.30. The fourth-order valence-electron chi connectivity index (χ4n) is 2.97. The third-order valence-corrected chi connectivity index (χ3v) is 4.73. The van der Waals surface area contributed by atoms with Crippen LogP contribution in [-0.2, 0) is 0 Å².